The number of nitrogens with one attached hydrogen (secondary N) is 1. The van der Waals surface area contributed by atoms with Crippen LogP contribution in [0.15, 0.2) is 53.4 Å². The Bertz CT molecular complexity index is 873. The number of aliphatic hydroxyl groups excluding tert-OH is 1. The maximum absolute atomic E-state index is 12.9. The number of hydrogen-bond acceptors (Lipinski definition) is 5. The molecular formula is C21H23N2O4S+. The lowest BCUT2D eigenvalue weighted by molar-refractivity contribution is -0.907. The fourth-order valence-corrected chi connectivity index (χ4v) is 4.64. The van der Waals surface area contributed by atoms with Gasteiger partial charge in [-0.3, -0.25) is 9.59 Å². The van der Waals surface area contributed by atoms with Gasteiger partial charge in [-0.15, -0.1) is 11.3 Å². The molecule has 2 fully saturated rings. The number of rotatable bonds is 5. The molecule has 4 rings (SSSR count). The quantitative estimate of drug-likeness (QED) is 0.449. The first-order chi connectivity index (χ1) is 13.7. The van der Waals surface area contributed by atoms with Gasteiger partial charge in [0.25, 0.3) is 11.7 Å². The van der Waals surface area contributed by atoms with E-state index < -0.39 is 17.7 Å². The highest BCUT2D eigenvalue weighted by atomic mass is 32.1. The minimum Gasteiger partial charge on any atom is -0.507 e. The molecule has 0 radical (unpaired) electrons. The van der Waals surface area contributed by atoms with Crippen LogP contribution in [0.25, 0.3) is 5.76 Å². The van der Waals surface area contributed by atoms with Crippen molar-refractivity contribution in [3.63, 3.8) is 0 Å². The van der Waals surface area contributed by atoms with Crippen LogP contribution < -0.4 is 4.90 Å². The van der Waals surface area contributed by atoms with Gasteiger partial charge in [0, 0.05) is 10.4 Å². The van der Waals surface area contributed by atoms with Crippen molar-refractivity contribution in [1.29, 1.82) is 0 Å². The number of likely N-dealkylation sites (tertiary alicyclic amines) is 1. The lowest BCUT2D eigenvalue weighted by Crippen LogP contribution is -3.14. The van der Waals surface area contributed by atoms with Gasteiger partial charge in [-0.1, -0.05) is 36.4 Å². The third-order valence-electron chi connectivity index (χ3n) is 5.31. The van der Waals surface area contributed by atoms with Gasteiger partial charge < -0.3 is 19.6 Å². The van der Waals surface area contributed by atoms with E-state index in [1.807, 2.05) is 23.6 Å². The van der Waals surface area contributed by atoms with Gasteiger partial charge in [-0.2, -0.15) is 0 Å². The smallest absolute Gasteiger partial charge is 0.295 e. The number of carbonyl (C=O) groups is 2. The number of benzene rings is 1. The molecule has 7 heteroatoms. The fourth-order valence-electron chi connectivity index (χ4n) is 3.79. The Labute approximate surface area is 167 Å². The van der Waals surface area contributed by atoms with Gasteiger partial charge in [0.15, 0.2) is 0 Å². The molecule has 1 aromatic heterocycles. The molecule has 6 nitrogen and oxygen atoms in total. The third kappa shape index (κ3) is 3.61. The third-order valence-corrected chi connectivity index (χ3v) is 6.23. The summed E-state index contributed by atoms with van der Waals surface area (Å²) >= 11 is 1.49. The van der Waals surface area contributed by atoms with Gasteiger partial charge in [0.2, 0.25) is 0 Å². The predicted octanol–water partition coefficient (Wildman–Crippen LogP) is 1.08. The summed E-state index contributed by atoms with van der Waals surface area (Å²) in [5.41, 5.74) is 0.719. The zero-order chi connectivity index (χ0) is 19.5. The summed E-state index contributed by atoms with van der Waals surface area (Å²) in [5.74, 6) is -1.26. The lowest BCUT2D eigenvalue weighted by Gasteiger charge is -2.28. The van der Waals surface area contributed by atoms with Crippen molar-refractivity contribution in [3.05, 3.63) is 63.9 Å². The first kappa shape index (κ1) is 18.9. The van der Waals surface area contributed by atoms with E-state index in [0.29, 0.717) is 12.1 Å². The highest BCUT2D eigenvalue weighted by molar-refractivity contribution is 7.10. The topological polar surface area (TPSA) is 71.3 Å². The summed E-state index contributed by atoms with van der Waals surface area (Å²) in [7, 11) is 0. The van der Waals surface area contributed by atoms with Crippen LogP contribution in [0.2, 0.25) is 0 Å². The standard InChI is InChI=1S/C21H22N2O4S/c24-19(15-5-2-1-3-6-15)17-18(16-7-4-14-28-16)23(21(26)20(17)25)9-8-22-10-12-27-13-11-22/h1-7,14,18,24H,8-13H2/p+1/t18-/m0/s1. The number of hydrogen-bond donors (Lipinski definition) is 2. The van der Waals surface area contributed by atoms with Gasteiger partial charge in [0.05, 0.1) is 37.9 Å². The number of quaternary nitrogens is 1. The first-order valence-electron chi connectivity index (χ1n) is 9.45. The average Bonchev–Trinajstić information content (AvgIpc) is 3.35. The van der Waals surface area contributed by atoms with Crippen LogP contribution in [0.4, 0.5) is 0 Å². The number of morpholine rings is 1. The Balaban J connectivity index is 1.68. The molecule has 0 unspecified atom stereocenters. The largest absolute Gasteiger partial charge is 0.507 e. The van der Waals surface area contributed by atoms with E-state index in [1.165, 1.54) is 16.2 Å². The minimum absolute atomic E-state index is 0.112. The second-order valence-electron chi connectivity index (χ2n) is 6.99. The molecule has 0 saturated carbocycles. The van der Waals surface area contributed by atoms with Crippen molar-refractivity contribution in [2.45, 2.75) is 6.04 Å². The Morgan fingerprint density at radius 2 is 1.89 bits per heavy atom. The number of Topliss-reactive ketones (excluding diaryl/α,β-unsaturated/α-hetero) is 1. The molecule has 146 valence electrons. The molecule has 0 spiro atoms. The molecule has 2 aliphatic rings. The van der Waals surface area contributed by atoms with Crippen molar-refractivity contribution in [2.75, 3.05) is 39.4 Å². The number of ether oxygens (including phenoxy) is 1. The molecule has 1 atom stereocenters. The molecular weight excluding hydrogens is 376 g/mol. The summed E-state index contributed by atoms with van der Waals surface area (Å²) in [6, 6.07) is 12.2. The number of amides is 1. The molecule has 3 heterocycles. The van der Waals surface area contributed by atoms with Crippen LogP contribution in [0.3, 0.4) is 0 Å². The Kier molecular flexibility index (Phi) is 5.57. The number of ketones is 1. The average molecular weight is 399 g/mol. The number of thiophene rings is 1. The maximum Gasteiger partial charge on any atom is 0.295 e. The summed E-state index contributed by atoms with van der Waals surface area (Å²) < 4.78 is 5.39. The van der Waals surface area contributed by atoms with Crippen LogP contribution in [-0.4, -0.2) is 61.1 Å². The van der Waals surface area contributed by atoms with Crippen molar-refractivity contribution >= 4 is 28.8 Å². The Morgan fingerprint density at radius 1 is 1.14 bits per heavy atom. The van der Waals surface area contributed by atoms with Crippen molar-refractivity contribution in [1.82, 2.24) is 4.90 Å². The van der Waals surface area contributed by atoms with Gasteiger partial charge in [0.1, 0.15) is 18.8 Å². The fraction of sp³-hybridized carbons (Fsp3) is 0.333. The number of nitrogens with zero attached hydrogens (tertiary/aromatic N) is 1. The molecule has 1 amide bonds. The van der Waals surface area contributed by atoms with Crippen molar-refractivity contribution < 1.29 is 24.3 Å². The predicted molar refractivity (Wildman–Crippen MR) is 106 cm³/mol. The zero-order valence-electron chi connectivity index (χ0n) is 15.5. The van der Waals surface area contributed by atoms with Gasteiger partial charge in [-0.05, 0) is 11.4 Å². The van der Waals surface area contributed by atoms with E-state index in [1.54, 1.807) is 29.2 Å². The van der Waals surface area contributed by atoms with Gasteiger partial charge >= 0.3 is 0 Å². The summed E-state index contributed by atoms with van der Waals surface area (Å²) in [6.45, 7) is 4.46. The molecule has 0 aliphatic carbocycles. The second kappa shape index (κ2) is 8.26. The normalized spacial score (nSPS) is 22.7. The van der Waals surface area contributed by atoms with E-state index in [-0.39, 0.29) is 11.3 Å². The molecule has 1 aromatic carbocycles. The van der Waals surface area contributed by atoms with Crippen LogP contribution >= 0.6 is 11.3 Å². The van der Waals surface area contributed by atoms with E-state index in [4.69, 9.17) is 4.74 Å². The zero-order valence-corrected chi connectivity index (χ0v) is 16.3. The maximum atomic E-state index is 12.9. The summed E-state index contributed by atoms with van der Waals surface area (Å²) in [4.78, 5) is 29.5. The van der Waals surface area contributed by atoms with Crippen molar-refractivity contribution in [3.8, 4) is 0 Å². The van der Waals surface area contributed by atoms with E-state index in [9.17, 15) is 14.7 Å². The molecule has 0 bridgehead atoms. The SMILES string of the molecule is O=C1C(=O)N(CC[NH+]2CCOCC2)[C@@H](c2cccs2)C1=C(O)c1ccccc1. The second-order valence-corrected chi connectivity index (χ2v) is 7.97. The number of carbonyl (C=O) groups excluding carboxylic acids is 2. The Hall–Kier alpha value is -2.48. The van der Waals surface area contributed by atoms with Crippen molar-refractivity contribution in [2.24, 2.45) is 0 Å². The highest BCUT2D eigenvalue weighted by Gasteiger charge is 2.46. The van der Waals surface area contributed by atoms with E-state index in [0.717, 1.165) is 37.7 Å². The minimum atomic E-state index is -0.614. The molecule has 2 saturated heterocycles. The summed E-state index contributed by atoms with van der Waals surface area (Å²) in [5, 5.41) is 12.8. The van der Waals surface area contributed by atoms with Crippen LogP contribution in [0.5, 0.6) is 0 Å². The molecule has 2 aromatic rings. The van der Waals surface area contributed by atoms with Gasteiger partial charge in [-0.25, -0.2) is 0 Å². The molecule has 28 heavy (non-hydrogen) atoms. The van der Waals surface area contributed by atoms with Crippen LogP contribution in [0.1, 0.15) is 16.5 Å². The molecule has 2 aliphatic heterocycles. The van der Waals surface area contributed by atoms with Crippen LogP contribution in [-0.2, 0) is 14.3 Å². The number of aliphatic hydroxyl groups is 1. The highest BCUT2D eigenvalue weighted by Crippen LogP contribution is 2.40. The first-order valence-corrected chi connectivity index (χ1v) is 10.3. The lowest BCUT2D eigenvalue weighted by atomic mass is 10.00. The molecule has 2 N–H and O–H groups in total. The summed E-state index contributed by atoms with van der Waals surface area (Å²) in [6.07, 6.45) is 0. The Morgan fingerprint density at radius 3 is 2.57 bits per heavy atom. The van der Waals surface area contributed by atoms with E-state index >= 15 is 0 Å². The monoisotopic (exact) mass is 399 g/mol. The van der Waals surface area contributed by atoms with Crippen LogP contribution in [0, 0.1) is 0 Å². The van der Waals surface area contributed by atoms with E-state index in [2.05, 4.69) is 0 Å².